The average molecular weight is 374 g/mol. The minimum Gasteiger partial charge on any atom is -0.497 e. The van der Waals surface area contributed by atoms with Crippen molar-refractivity contribution in [2.24, 2.45) is 5.92 Å². The summed E-state index contributed by atoms with van der Waals surface area (Å²) in [5.74, 6) is 1.08. The van der Waals surface area contributed by atoms with Crippen molar-refractivity contribution in [3.05, 3.63) is 63.6 Å². The Morgan fingerprint density at radius 1 is 1.17 bits per heavy atom. The van der Waals surface area contributed by atoms with E-state index in [2.05, 4.69) is 33.4 Å². The van der Waals surface area contributed by atoms with E-state index in [0.717, 1.165) is 29.5 Å². The van der Waals surface area contributed by atoms with Gasteiger partial charge in [-0.15, -0.1) is 0 Å². The number of rotatable bonds is 5. The molecule has 0 bridgehead atoms. The number of ether oxygens (including phenoxy) is 1. The first-order valence-electron chi connectivity index (χ1n) is 7.83. The number of amides is 1. The second-order valence-electron chi connectivity index (χ2n) is 5.91. The fraction of sp³-hybridized carbons (Fsp3) is 0.316. The van der Waals surface area contributed by atoms with Crippen molar-refractivity contribution >= 4 is 21.8 Å². The third-order valence-electron chi connectivity index (χ3n) is 4.34. The van der Waals surface area contributed by atoms with Gasteiger partial charge in [0, 0.05) is 16.9 Å². The fourth-order valence-electron chi connectivity index (χ4n) is 3.04. The fourth-order valence-corrected chi connectivity index (χ4v) is 3.45. The van der Waals surface area contributed by atoms with Crippen LogP contribution in [0, 0.1) is 5.92 Å². The van der Waals surface area contributed by atoms with Crippen molar-refractivity contribution in [2.45, 2.75) is 19.3 Å². The van der Waals surface area contributed by atoms with Crippen LogP contribution in [0.4, 0.5) is 0 Å². The highest BCUT2D eigenvalue weighted by atomic mass is 79.9. The Bertz CT molecular complexity index is 697. The smallest absolute Gasteiger partial charge is 0.223 e. The van der Waals surface area contributed by atoms with Crippen LogP contribution in [0.3, 0.4) is 0 Å². The summed E-state index contributed by atoms with van der Waals surface area (Å²) in [4.78, 5) is 12.3. The lowest BCUT2D eigenvalue weighted by Gasteiger charge is -2.10. The number of carbonyl (C=O) groups excluding carboxylic acids is 1. The van der Waals surface area contributed by atoms with E-state index in [1.807, 2.05) is 30.3 Å². The van der Waals surface area contributed by atoms with Crippen molar-refractivity contribution in [2.75, 3.05) is 13.7 Å². The lowest BCUT2D eigenvalue weighted by molar-refractivity contribution is -0.124. The first-order valence-corrected chi connectivity index (χ1v) is 8.63. The van der Waals surface area contributed by atoms with E-state index in [1.165, 1.54) is 16.7 Å². The van der Waals surface area contributed by atoms with Gasteiger partial charge in [-0.2, -0.15) is 0 Å². The SMILES string of the molecule is COc1ccc(CCNC(=O)C2Cc3ccc(Br)cc3C2)cc1. The largest absolute Gasteiger partial charge is 0.497 e. The number of hydrogen-bond donors (Lipinski definition) is 1. The first kappa shape index (κ1) is 16.1. The maximum atomic E-state index is 12.3. The summed E-state index contributed by atoms with van der Waals surface area (Å²) >= 11 is 3.49. The van der Waals surface area contributed by atoms with Crippen molar-refractivity contribution in [3.63, 3.8) is 0 Å². The van der Waals surface area contributed by atoms with E-state index < -0.39 is 0 Å². The molecule has 3 nitrogen and oxygen atoms in total. The monoisotopic (exact) mass is 373 g/mol. The molecule has 1 N–H and O–H groups in total. The molecule has 0 aliphatic heterocycles. The normalized spacial score (nSPS) is 16.0. The minimum absolute atomic E-state index is 0.0650. The maximum Gasteiger partial charge on any atom is 0.223 e. The highest BCUT2D eigenvalue weighted by Gasteiger charge is 2.27. The van der Waals surface area contributed by atoms with Gasteiger partial charge in [0.1, 0.15) is 5.75 Å². The molecule has 4 heteroatoms. The molecule has 0 spiro atoms. The van der Waals surface area contributed by atoms with Crippen molar-refractivity contribution in [1.29, 1.82) is 0 Å². The molecule has 0 heterocycles. The van der Waals surface area contributed by atoms with Crippen LogP contribution in [0.2, 0.25) is 0 Å². The summed E-state index contributed by atoms with van der Waals surface area (Å²) in [6.07, 6.45) is 2.51. The Hall–Kier alpha value is -1.81. The van der Waals surface area contributed by atoms with Crippen LogP contribution in [0.25, 0.3) is 0 Å². The van der Waals surface area contributed by atoms with Crippen molar-refractivity contribution in [3.8, 4) is 5.75 Å². The summed E-state index contributed by atoms with van der Waals surface area (Å²) in [7, 11) is 1.66. The number of fused-ring (bicyclic) bond motifs is 1. The zero-order valence-corrected chi connectivity index (χ0v) is 14.7. The molecule has 1 unspecified atom stereocenters. The Morgan fingerprint density at radius 3 is 2.65 bits per heavy atom. The highest BCUT2D eigenvalue weighted by Crippen LogP contribution is 2.29. The van der Waals surface area contributed by atoms with Gasteiger partial charge >= 0.3 is 0 Å². The molecule has 1 aliphatic rings. The summed E-state index contributed by atoms with van der Waals surface area (Å²) in [5, 5.41) is 3.07. The Morgan fingerprint density at radius 2 is 1.91 bits per heavy atom. The lowest BCUT2D eigenvalue weighted by Crippen LogP contribution is -2.32. The molecule has 3 rings (SSSR count). The molecule has 0 radical (unpaired) electrons. The van der Waals surface area contributed by atoms with Crippen LogP contribution in [0.15, 0.2) is 46.9 Å². The molecule has 0 saturated heterocycles. The van der Waals surface area contributed by atoms with Crippen LogP contribution in [-0.4, -0.2) is 19.6 Å². The van der Waals surface area contributed by atoms with Gasteiger partial charge in [-0.3, -0.25) is 4.79 Å². The number of nitrogens with one attached hydrogen (secondary N) is 1. The quantitative estimate of drug-likeness (QED) is 0.870. The average Bonchev–Trinajstić information content (AvgIpc) is 2.98. The minimum atomic E-state index is 0.0650. The predicted octanol–water partition coefficient (Wildman–Crippen LogP) is 3.53. The zero-order chi connectivity index (χ0) is 16.2. The van der Waals surface area contributed by atoms with Gasteiger partial charge in [-0.05, 0) is 60.2 Å². The molecule has 0 aromatic heterocycles. The summed E-state index contributed by atoms with van der Waals surface area (Å²) in [5.41, 5.74) is 3.78. The third-order valence-corrected chi connectivity index (χ3v) is 4.84. The molecule has 2 aromatic rings. The molecular weight excluding hydrogens is 354 g/mol. The van der Waals surface area contributed by atoms with Crippen LogP contribution >= 0.6 is 15.9 Å². The van der Waals surface area contributed by atoms with Crippen LogP contribution in [-0.2, 0) is 24.1 Å². The van der Waals surface area contributed by atoms with E-state index in [0.29, 0.717) is 6.54 Å². The second-order valence-corrected chi connectivity index (χ2v) is 6.82. The summed E-state index contributed by atoms with van der Waals surface area (Å²) in [6, 6.07) is 14.2. The van der Waals surface area contributed by atoms with Gasteiger partial charge in [0.15, 0.2) is 0 Å². The van der Waals surface area contributed by atoms with Crippen molar-refractivity contribution < 1.29 is 9.53 Å². The van der Waals surface area contributed by atoms with Gasteiger partial charge in [-0.1, -0.05) is 34.1 Å². The van der Waals surface area contributed by atoms with Crippen LogP contribution in [0.1, 0.15) is 16.7 Å². The molecule has 0 saturated carbocycles. The Balaban J connectivity index is 1.48. The molecule has 1 amide bonds. The van der Waals surface area contributed by atoms with E-state index >= 15 is 0 Å². The molecule has 120 valence electrons. The number of methoxy groups -OCH3 is 1. The van der Waals surface area contributed by atoms with Crippen LogP contribution < -0.4 is 10.1 Å². The number of halogens is 1. The number of benzene rings is 2. The van der Waals surface area contributed by atoms with Gasteiger partial charge in [0.05, 0.1) is 7.11 Å². The van der Waals surface area contributed by atoms with E-state index in [4.69, 9.17) is 4.74 Å². The van der Waals surface area contributed by atoms with E-state index in [-0.39, 0.29) is 11.8 Å². The standard InChI is InChI=1S/C19H20BrNO2/c1-23-18-6-2-13(3-7-18)8-9-21-19(22)16-10-14-4-5-17(20)12-15(14)11-16/h2-7,12,16H,8-11H2,1H3,(H,21,22). The summed E-state index contributed by atoms with van der Waals surface area (Å²) in [6.45, 7) is 0.668. The zero-order valence-electron chi connectivity index (χ0n) is 13.1. The molecule has 1 aliphatic carbocycles. The lowest BCUT2D eigenvalue weighted by atomic mass is 10.1. The topological polar surface area (TPSA) is 38.3 Å². The van der Waals surface area contributed by atoms with Crippen molar-refractivity contribution in [1.82, 2.24) is 5.32 Å². The van der Waals surface area contributed by atoms with Gasteiger partial charge in [0.25, 0.3) is 0 Å². The Kier molecular flexibility index (Phi) is 5.01. The molecule has 1 atom stereocenters. The maximum absolute atomic E-state index is 12.3. The van der Waals surface area contributed by atoms with Gasteiger partial charge < -0.3 is 10.1 Å². The second kappa shape index (κ2) is 7.18. The molecule has 23 heavy (non-hydrogen) atoms. The Labute approximate surface area is 145 Å². The van der Waals surface area contributed by atoms with E-state index in [9.17, 15) is 4.79 Å². The number of carbonyl (C=O) groups is 1. The molecule has 2 aromatic carbocycles. The van der Waals surface area contributed by atoms with Crippen LogP contribution in [0.5, 0.6) is 5.75 Å². The highest BCUT2D eigenvalue weighted by molar-refractivity contribution is 9.10. The predicted molar refractivity (Wildman–Crippen MR) is 94.7 cm³/mol. The first-order chi connectivity index (χ1) is 11.2. The molecule has 0 fully saturated rings. The van der Waals surface area contributed by atoms with Gasteiger partial charge in [0.2, 0.25) is 5.91 Å². The van der Waals surface area contributed by atoms with Gasteiger partial charge in [-0.25, -0.2) is 0 Å². The molecular formula is C19H20BrNO2. The third kappa shape index (κ3) is 3.94. The number of hydrogen-bond acceptors (Lipinski definition) is 2. The van der Waals surface area contributed by atoms with E-state index in [1.54, 1.807) is 7.11 Å². The summed E-state index contributed by atoms with van der Waals surface area (Å²) < 4.78 is 6.23.